The zero-order chi connectivity index (χ0) is 11.6. The van der Waals surface area contributed by atoms with Crippen molar-refractivity contribution in [2.45, 2.75) is 20.8 Å². The van der Waals surface area contributed by atoms with Gasteiger partial charge in [0.05, 0.1) is 4.92 Å². The van der Waals surface area contributed by atoms with E-state index in [9.17, 15) is 14.9 Å². The molecular formula is C10H12N2O3. The van der Waals surface area contributed by atoms with Gasteiger partial charge in [0, 0.05) is 24.2 Å². The van der Waals surface area contributed by atoms with Gasteiger partial charge in [0.1, 0.15) is 0 Å². The largest absolute Gasteiger partial charge is 0.326 e. The van der Waals surface area contributed by atoms with Crippen molar-refractivity contribution in [1.29, 1.82) is 0 Å². The number of nitrogens with one attached hydrogen (secondary N) is 1. The minimum atomic E-state index is -0.451. The number of hydrogen-bond donors (Lipinski definition) is 1. The third-order valence-corrected chi connectivity index (χ3v) is 2.16. The second-order valence-corrected chi connectivity index (χ2v) is 3.38. The van der Waals surface area contributed by atoms with Gasteiger partial charge in [-0.05, 0) is 25.5 Å². The Bertz CT molecular complexity index is 427. The summed E-state index contributed by atoms with van der Waals surface area (Å²) < 4.78 is 0. The highest BCUT2D eigenvalue weighted by Crippen LogP contribution is 2.25. The monoisotopic (exact) mass is 208 g/mol. The predicted molar refractivity (Wildman–Crippen MR) is 56.9 cm³/mol. The van der Waals surface area contributed by atoms with E-state index in [-0.39, 0.29) is 11.6 Å². The van der Waals surface area contributed by atoms with Crippen LogP contribution >= 0.6 is 0 Å². The first-order chi connectivity index (χ1) is 6.91. The van der Waals surface area contributed by atoms with Crippen LogP contribution in [0.3, 0.4) is 0 Å². The quantitative estimate of drug-likeness (QED) is 0.598. The molecule has 0 fully saturated rings. The van der Waals surface area contributed by atoms with Gasteiger partial charge < -0.3 is 5.32 Å². The standard InChI is InChI=1S/C10H12N2O3/c1-6-4-9(11-8(3)13)5-10(7(6)2)12(14)15/h4-5H,1-3H3,(H,11,13). The van der Waals surface area contributed by atoms with Crippen molar-refractivity contribution in [3.63, 3.8) is 0 Å². The number of carbonyl (C=O) groups excluding carboxylic acids is 1. The van der Waals surface area contributed by atoms with Gasteiger partial charge in [-0.3, -0.25) is 14.9 Å². The minimum absolute atomic E-state index is 0.0266. The average Bonchev–Trinajstić information content (AvgIpc) is 2.09. The molecule has 1 rings (SSSR count). The summed E-state index contributed by atoms with van der Waals surface area (Å²) in [6.45, 7) is 4.82. The summed E-state index contributed by atoms with van der Waals surface area (Å²) in [5.74, 6) is -0.243. The number of hydrogen-bond acceptors (Lipinski definition) is 3. The molecule has 1 aromatic rings. The number of aryl methyl sites for hydroxylation is 1. The molecule has 0 radical (unpaired) electrons. The summed E-state index contributed by atoms with van der Waals surface area (Å²) in [6.07, 6.45) is 0. The Kier molecular flexibility index (Phi) is 3.04. The molecule has 5 nitrogen and oxygen atoms in total. The van der Waals surface area contributed by atoms with E-state index in [1.54, 1.807) is 19.9 Å². The molecule has 0 bridgehead atoms. The van der Waals surface area contributed by atoms with Crippen molar-refractivity contribution < 1.29 is 9.72 Å². The van der Waals surface area contributed by atoms with Crippen LogP contribution in [0.4, 0.5) is 11.4 Å². The van der Waals surface area contributed by atoms with E-state index < -0.39 is 4.92 Å². The van der Waals surface area contributed by atoms with E-state index in [4.69, 9.17) is 0 Å². The molecule has 80 valence electrons. The lowest BCUT2D eigenvalue weighted by Crippen LogP contribution is -2.07. The fraction of sp³-hybridized carbons (Fsp3) is 0.300. The van der Waals surface area contributed by atoms with E-state index in [0.717, 1.165) is 5.56 Å². The van der Waals surface area contributed by atoms with Gasteiger partial charge in [0.25, 0.3) is 5.69 Å². The summed E-state index contributed by atoms with van der Waals surface area (Å²) in [5, 5.41) is 13.2. The van der Waals surface area contributed by atoms with Gasteiger partial charge in [-0.25, -0.2) is 0 Å². The molecule has 1 aromatic carbocycles. The summed E-state index contributed by atoms with van der Waals surface area (Å²) in [4.78, 5) is 21.1. The smallest absolute Gasteiger partial charge is 0.274 e. The van der Waals surface area contributed by atoms with Crippen LogP contribution in [-0.2, 0) is 4.79 Å². The second kappa shape index (κ2) is 4.08. The maximum atomic E-state index is 10.8. The maximum absolute atomic E-state index is 10.8. The molecule has 1 amide bonds. The molecule has 0 aromatic heterocycles. The van der Waals surface area contributed by atoms with Crippen molar-refractivity contribution in [1.82, 2.24) is 0 Å². The lowest BCUT2D eigenvalue weighted by Gasteiger charge is -2.06. The van der Waals surface area contributed by atoms with Crippen LogP contribution in [0.25, 0.3) is 0 Å². The second-order valence-electron chi connectivity index (χ2n) is 3.38. The first-order valence-corrected chi connectivity index (χ1v) is 4.45. The van der Waals surface area contributed by atoms with Crippen LogP contribution in [0, 0.1) is 24.0 Å². The van der Waals surface area contributed by atoms with Gasteiger partial charge in [-0.15, -0.1) is 0 Å². The van der Waals surface area contributed by atoms with Crippen LogP contribution in [0.15, 0.2) is 12.1 Å². The van der Waals surface area contributed by atoms with Crippen LogP contribution < -0.4 is 5.32 Å². The summed E-state index contributed by atoms with van der Waals surface area (Å²) in [7, 11) is 0. The zero-order valence-corrected chi connectivity index (χ0v) is 8.83. The molecule has 0 aliphatic carbocycles. The Labute approximate surface area is 87.3 Å². The van der Waals surface area contributed by atoms with Gasteiger partial charge in [0.2, 0.25) is 5.91 Å². The van der Waals surface area contributed by atoms with Crippen molar-refractivity contribution in [3.05, 3.63) is 33.4 Å². The van der Waals surface area contributed by atoms with Crippen molar-refractivity contribution in [2.75, 3.05) is 5.32 Å². The predicted octanol–water partition coefficient (Wildman–Crippen LogP) is 2.17. The van der Waals surface area contributed by atoms with E-state index in [2.05, 4.69) is 5.32 Å². The molecule has 0 aliphatic heterocycles. The number of nitro groups is 1. The number of anilines is 1. The number of amides is 1. The maximum Gasteiger partial charge on any atom is 0.274 e. The molecule has 0 atom stereocenters. The van der Waals surface area contributed by atoms with E-state index in [1.165, 1.54) is 13.0 Å². The Morgan fingerprint density at radius 2 is 2.00 bits per heavy atom. The van der Waals surface area contributed by atoms with Crippen molar-refractivity contribution in [3.8, 4) is 0 Å². The molecular weight excluding hydrogens is 196 g/mol. The molecule has 0 heterocycles. The van der Waals surface area contributed by atoms with Gasteiger partial charge in [-0.1, -0.05) is 0 Å². The fourth-order valence-corrected chi connectivity index (χ4v) is 1.31. The van der Waals surface area contributed by atoms with Crippen LogP contribution in [0.5, 0.6) is 0 Å². The number of rotatable bonds is 2. The highest BCUT2D eigenvalue weighted by atomic mass is 16.6. The summed E-state index contributed by atoms with van der Waals surface area (Å²) >= 11 is 0. The first-order valence-electron chi connectivity index (χ1n) is 4.45. The first kappa shape index (κ1) is 11.2. The Hall–Kier alpha value is -1.91. The summed E-state index contributed by atoms with van der Waals surface area (Å²) in [6, 6.07) is 3.08. The van der Waals surface area contributed by atoms with Crippen LogP contribution in [0.2, 0.25) is 0 Å². The number of nitrogens with zero attached hydrogens (tertiary/aromatic N) is 1. The van der Waals surface area contributed by atoms with Crippen molar-refractivity contribution in [2.24, 2.45) is 0 Å². The Morgan fingerprint density at radius 1 is 1.40 bits per heavy atom. The van der Waals surface area contributed by atoms with E-state index >= 15 is 0 Å². The lowest BCUT2D eigenvalue weighted by molar-refractivity contribution is -0.385. The minimum Gasteiger partial charge on any atom is -0.326 e. The number of benzene rings is 1. The molecule has 0 aliphatic rings. The number of nitro benzene ring substituents is 1. The highest BCUT2D eigenvalue weighted by molar-refractivity contribution is 5.89. The molecule has 1 N–H and O–H groups in total. The molecule has 15 heavy (non-hydrogen) atoms. The normalized spacial score (nSPS) is 9.80. The third kappa shape index (κ3) is 2.52. The zero-order valence-electron chi connectivity index (χ0n) is 8.83. The summed E-state index contributed by atoms with van der Waals surface area (Å²) in [5.41, 5.74) is 1.89. The molecule has 5 heteroatoms. The topological polar surface area (TPSA) is 72.2 Å². The van der Waals surface area contributed by atoms with Crippen molar-refractivity contribution >= 4 is 17.3 Å². The Morgan fingerprint density at radius 3 is 2.47 bits per heavy atom. The van der Waals surface area contributed by atoms with Crippen LogP contribution in [-0.4, -0.2) is 10.8 Å². The fourth-order valence-electron chi connectivity index (χ4n) is 1.31. The van der Waals surface area contributed by atoms with Gasteiger partial charge >= 0.3 is 0 Å². The van der Waals surface area contributed by atoms with Crippen LogP contribution in [0.1, 0.15) is 18.1 Å². The average molecular weight is 208 g/mol. The highest BCUT2D eigenvalue weighted by Gasteiger charge is 2.14. The molecule has 0 saturated heterocycles. The molecule has 0 spiro atoms. The SMILES string of the molecule is CC(=O)Nc1cc(C)c(C)c([N+](=O)[O-])c1. The lowest BCUT2D eigenvalue weighted by atomic mass is 10.1. The molecule has 0 saturated carbocycles. The Balaban J connectivity index is 3.23. The number of carbonyl (C=O) groups is 1. The molecule has 0 unspecified atom stereocenters. The van der Waals surface area contributed by atoms with E-state index in [1.807, 2.05) is 0 Å². The van der Waals surface area contributed by atoms with Gasteiger partial charge in [0.15, 0.2) is 0 Å². The van der Waals surface area contributed by atoms with Gasteiger partial charge in [-0.2, -0.15) is 0 Å². The van der Waals surface area contributed by atoms with E-state index in [0.29, 0.717) is 11.3 Å². The third-order valence-electron chi connectivity index (χ3n) is 2.16.